The summed E-state index contributed by atoms with van der Waals surface area (Å²) in [6.45, 7) is 2.22. The van der Waals surface area contributed by atoms with Crippen LogP contribution in [0.15, 0.2) is 18.2 Å². The van der Waals surface area contributed by atoms with Crippen molar-refractivity contribution in [2.45, 2.75) is 25.8 Å². The zero-order chi connectivity index (χ0) is 7.68. The van der Waals surface area contributed by atoms with Crippen LogP contribution in [0.5, 0.6) is 0 Å². The van der Waals surface area contributed by atoms with E-state index in [1.54, 1.807) is 0 Å². The number of rotatable bonds is 1. The van der Waals surface area contributed by atoms with Gasteiger partial charge in [-0.05, 0) is 36.6 Å². The number of benzene rings is 1. The van der Waals surface area contributed by atoms with Crippen LogP contribution in [0.2, 0.25) is 0 Å². The van der Waals surface area contributed by atoms with Crippen molar-refractivity contribution in [2.24, 2.45) is 0 Å². The molecule has 1 aromatic rings. The average Bonchev–Trinajstić information content (AvgIpc) is 2.46. The molecule has 2 rings (SSSR count). The second kappa shape index (κ2) is 2.57. The predicted octanol–water partition coefficient (Wildman–Crippen LogP) is 2.23. The van der Waals surface area contributed by atoms with Crippen LogP contribution in [-0.4, -0.2) is 6.04 Å². The van der Waals surface area contributed by atoms with E-state index >= 15 is 0 Å². The number of anilines is 1. The molecule has 0 bridgehead atoms. The van der Waals surface area contributed by atoms with Crippen molar-refractivity contribution in [3.05, 3.63) is 29.8 Å². The van der Waals surface area contributed by atoms with E-state index in [2.05, 4.69) is 30.4 Å². The molecule has 1 aliphatic rings. The first-order valence-electron chi connectivity index (χ1n) is 4.15. The monoisotopic (exact) mass is 146 g/mol. The molecule has 57 valence electrons. The highest BCUT2D eigenvalue weighted by Crippen LogP contribution is 2.25. The van der Waals surface area contributed by atoms with E-state index in [1.807, 2.05) is 6.07 Å². The Morgan fingerprint density at radius 1 is 1.73 bits per heavy atom. The summed E-state index contributed by atoms with van der Waals surface area (Å²) in [5, 5.41) is 3.46. The first-order chi connectivity index (χ1) is 5.40. The first-order valence-corrected chi connectivity index (χ1v) is 4.15. The fourth-order valence-electron chi connectivity index (χ4n) is 1.56. The molecule has 0 amide bonds. The molecular formula is C10H12N. The molecule has 1 radical (unpaired) electrons. The van der Waals surface area contributed by atoms with Crippen molar-refractivity contribution in [2.75, 3.05) is 5.32 Å². The van der Waals surface area contributed by atoms with Gasteiger partial charge in [-0.25, -0.2) is 0 Å². The van der Waals surface area contributed by atoms with Gasteiger partial charge in [-0.1, -0.05) is 13.0 Å². The lowest BCUT2D eigenvalue weighted by molar-refractivity contribution is 0.723. The van der Waals surface area contributed by atoms with Crippen LogP contribution < -0.4 is 5.32 Å². The highest BCUT2D eigenvalue weighted by atomic mass is 14.9. The Morgan fingerprint density at radius 2 is 2.64 bits per heavy atom. The predicted molar refractivity (Wildman–Crippen MR) is 46.7 cm³/mol. The Morgan fingerprint density at radius 3 is 3.36 bits per heavy atom. The molecule has 1 atom stereocenters. The van der Waals surface area contributed by atoms with E-state index in [4.69, 9.17) is 0 Å². The van der Waals surface area contributed by atoms with E-state index in [0.717, 1.165) is 0 Å². The van der Waals surface area contributed by atoms with Crippen LogP contribution in [0.3, 0.4) is 0 Å². The SMILES string of the molecule is CCC1Cc2c[c]ccc2N1. The van der Waals surface area contributed by atoms with Crippen LogP contribution in [-0.2, 0) is 6.42 Å². The smallest absolute Gasteiger partial charge is 0.0376 e. The lowest BCUT2D eigenvalue weighted by Gasteiger charge is -2.05. The van der Waals surface area contributed by atoms with Gasteiger partial charge in [0.15, 0.2) is 0 Å². The summed E-state index contributed by atoms with van der Waals surface area (Å²) in [5.74, 6) is 0. The highest BCUT2D eigenvalue weighted by molar-refractivity contribution is 5.56. The van der Waals surface area contributed by atoms with Gasteiger partial charge in [0.2, 0.25) is 0 Å². The summed E-state index contributed by atoms with van der Waals surface area (Å²) in [7, 11) is 0. The minimum Gasteiger partial charge on any atom is -0.382 e. The van der Waals surface area contributed by atoms with E-state index in [9.17, 15) is 0 Å². The minimum absolute atomic E-state index is 0.654. The molecule has 0 aliphatic carbocycles. The van der Waals surface area contributed by atoms with Crippen LogP contribution in [0, 0.1) is 6.07 Å². The Kier molecular flexibility index (Phi) is 1.57. The number of hydrogen-bond acceptors (Lipinski definition) is 1. The molecule has 1 heteroatoms. The quantitative estimate of drug-likeness (QED) is 0.640. The van der Waals surface area contributed by atoms with Crippen molar-refractivity contribution in [3.8, 4) is 0 Å². The van der Waals surface area contributed by atoms with Crippen LogP contribution in [0.1, 0.15) is 18.9 Å². The summed E-state index contributed by atoms with van der Waals surface area (Å²) in [4.78, 5) is 0. The molecule has 0 spiro atoms. The Labute approximate surface area is 67.4 Å². The van der Waals surface area contributed by atoms with Crippen LogP contribution >= 0.6 is 0 Å². The molecule has 0 saturated heterocycles. The fraction of sp³-hybridized carbons (Fsp3) is 0.400. The molecule has 0 aromatic heterocycles. The van der Waals surface area contributed by atoms with Gasteiger partial charge >= 0.3 is 0 Å². The summed E-state index contributed by atoms with van der Waals surface area (Å²) in [6.07, 6.45) is 2.37. The average molecular weight is 146 g/mol. The first kappa shape index (κ1) is 6.71. The Bertz CT molecular complexity index is 230. The van der Waals surface area contributed by atoms with Crippen molar-refractivity contribution in [1.29, 1.82) is 0 Å². The van der Waals surface area contributed by atoms with Gasteiger partial charge in [0, 0.05) is 11.7 Å². The molecule has 1 unspecified atom stereocenters. The second-order valence-electron chi connectivity index (χ2n) is 3.04. The van der Waals surface area contributed by atoms with Crippen molar-refractivity contribution < 1.29 is 0 Å². The van der Waals surface area contributed by atoms with Crippen molar-refractivity contribution in [1.82, 2.24) is 0 Å². The third kappa shape index (κ3) is 1.11. The molecule has 1 nitrogen and oxygen atoms in total. The van der Waals surface area contributed by atoms with E-state index in [1.165, 1.54) is 24.1 Å². The number of hydrogen-bond donors (Lipinski definition) is 1. The summed E-state index contributed by atoms with van der Waals surface area (Å²) < 4.78 is 0. The summed E-state index contributed by atoms with van der Waals surface area (Å²) in [5.41, 5.74) is 2.72. The Balaban J connectivity index is 2.27. The summed E-state index contributed by atoms with van der Waals surface area (Å²) in [6, 6.07) is 9.90. The third-order valence-corrected chi connectivity index (χ3v) is 2.27. The van der Waals surface area contributed by atoms with Crippen molar-refractivity contribution >= 4 is 5.69 Å². The molecule has 0 fully saturated rings. The third-order valence-electron chi connectivity index (χ3n) is 2.27. The van der Waals surface area contributed by atoms with Gasteiger partial charge in [-0.2, -0.15) is 0 Å². The lowest BCUT2D eigenvalue weighted by atomic mass is 10.1. The number of nitrogens with one attached hydrogen (secondary N) is 1. The van der Waals surface area contributed by atoms with Gasteiger partial charge in [-0.15, -0.1) is 0 Å². The fourth-order valence-corrected chi connectivity index (χ4v) is 1.56. The molecule has 1 aliphatic heterocycles. The van der Waals surface area contributed by atoms with E-state index < -0.39 is 0 Å². The molecular weight excluding hydrogens is 134 g/mol. The zero-order valence-corrected chi connectivity index (χ0v) is 6.72. The van der Waals surface area contributed by atoms with E-state index in [0.29, 0.717) is 6.04 Å². The maximum absolute atomic E-state index is 3.46. The minimum atomic E-state index is 0.654. The maximum Gasteiger partial charge on any atom is 0.0376 e. The van der Waals surface area contributed by atoms with E-state index in [-0.39, 0.29) is 0 Å². The normalized spacial score (nSPS) is 21.0. The number of fused-ring (bicyclic) bond motifs is 1. The standard InChI is InChI=1S/C10H12N/c1-2-9-7-8-5-3-4-6-10(8)11-9/h4-6,9,11H,2,7H2,1H3. The molecule has 0 saturated carbocycles. The zero-order valence-electron chi connectivity index (χ0n) is 6.72. The van der Waals surface area contributed by atoms with Crippen LogP contribution in [0.4, 0.5) is 5.69 Å². The lowest BCUT2D eigenvalue weighted by Crippen LogP contribution is -2.12. The highest BCUT2D eigenvalue weighted by Gasteiger charge is 2.17. The van der Waals surface area contributed by atoms with Gasteiger partial charge in [0.1, 0.15) is 0 Å². The summed E-state index contributed by atoms with van der Waals surface area (Å²) >= 11 is 0. The topological polar surface area (TPSA) is 12.0 Å². The van der Waals surface area contributed by atoms with Gasteiger partial charge < -0.3 is 5.32 Å². The van der Waals surface area contributed by atoms with Gasteiger partial charge in [-0.3, -0.25) is 0 Å². The van der Waals surface area contributed by atoms with Crippen molar-refractivity contribution in [3.63, 3.8) is 0 Å². The molecule has 1 N–H and O–H groups in total. The maximum atomic E-state index is 3.46. The molecule has 1 aromatic carbocycles. The van der Waals surface area contributed by atoms with Gasteiger partial charge in [0.25, 0.3) is 0 Å². The molecule has 11 heavy (non-hydrogen) atoms. The second-order valence-corrected chi connectivity index (χ2v) is 3.04. The van der Waals surface area contributed by atoms with Crippen LogP contribution in [0.25, 0.3) is 0 Å². The van der Waals surface area contributed by atoms with Gasteiger partial charge in [0.05, 0.1) is 0 Å². The molecule has 1 heterocycles. The Hall–Kier alpha value is -0.980. The largest absolute Gasteiger partial charge is 0.382 e.